The molecule has 3 heteroatoms. The maximum Gasteiger partial charge on any atom is 0.168 e. The van der Waals surface area contributed by atoms with Gasteiger partial charge < -0.3 is 0 Å². The molecule has 0 saturated heterocycles. The van der Waals surface area contributed by atoms with Gasteiger partial charge in [-0.25, -0.2) is 0 Å². The van der Waals surface area contributed by atoms with Crippen LogP contribution in [0, 0.1) is 10.5 Å². The van der Waals surface area contributed by atoms with Crippen LogP contribution in [0.25, 0.3) is 0 Å². The lowest BCUT2D eigenvalue weighted by Crippen LogP contribution is -2.06. The van der Waals surface area contributed by atoms with E-state index in [0.29, 0.717) is 6.42 Å². The number of ketones is 1. The van der Waals surface area contributed by atoms with Gasteiger partial charge in [-0.15, -0.1) is 0 Å². The third kappa shape index (κ3) is 3.12. The minimum absolute atomic E-state index is 0.114. The molecule has 0 radical (unpaired) electrons. The Kier molecular flexibility index (Phi) is 3.89. The molecule has 0 bridgehead atoms. The van der Waals surface area contributed by atoms with Crippen molar-refractivity contribution in [3.63, 3.8) is 0 Å². The Hall–Kier alpha value is -1.23. The molecular weight excluding hydrogens is 325 g/mol. The molecule has 0 atom stereocenters. The number of aryl methyl sites for hydroxylation is 1. The second-order valence-electron chi connectivity index (χ2n) is 3.87. The summed E-state index contributed by atoms with van der Waals surface area (Å²) in [6.07, 6.45) is 2.09. The van der Waals surface area contributed by atoms with Crippen LogP contribution in [0.15, 0.2) is 42.6 Å². The SMILES string of the molecule is Cc1cccnc1CC(=O)c1ccc(I)cc1. The van der Waals surface area contributed by atoms with E-state index in [4.69, 9.17) is 0 Å². The molecule has 0 unspecified atom stereocenters. The Balaban J connectivity index is 2.17. The molecule has 0 fully saturated rings. The van der Waals surface area contributed by atoms with Crippen LogP contribution in [-0.4, -0.2) is 10.8 Å². The van der Waals surface area contributed by atoms with E-state index >= 15 is 0 Å². The summed E-state index contributed by atoms with van der Waals surface area (Å²) in [5.41, 5.74) is 2.66. The molecule has 0 amide bonds. The highest BCUT2D eigenvalue weighted by molar-refractivity contribution is 14.1. The van der Waals surface area contributed by atoms with Gasteiger partial charge in [0.2, 0.25) is 0 Å². The summed E-state index contributed by atoms with van der Waals surface area (Å²) >= 11 is 2.23. The highest BCUT2D eigenvalue weighted by Gasteiger charge is 2.09. The highest BCUT2D eigenvalue weighted by atomic mass is 127. The minimum atomic E-state index is 0.114. The number of hydrogen-bond acceptors (Lipinski definition) is 2. The van der Waals surface area contributed by atoms with Crippen LogP contribution >= 0.6 is 22.6 Å². The Morgan fingerprint density at radius 3 is 2.59 bits per heavy atom. The fourth-order valence-electron chi connectivity index (χ4n) is 1.59. The monoisotopic (exact) mass is 337 g/mol. The molecule has 2 aromatic rings. The predicted octanol–water partition coefficient (Wildman–Crippen LogP) is 3.42. The zero-order chi connectivity index (χ0) is 12.3. The second kappa shape index (κ2) is 5.40. The lowest BCUT2D eigenvalue weighted by atomic mass is 10.0. The van der Waals surface area contributed by atoms with Crippen LogP contribution in [0.1, 0.15) is 21.6 Å². The van der Waals surface area contributed by atoms with Gasteiger partial charge >= 0.3 is 0 Å². The molecule has 0 spiro atoms. The second-order valence-corrected chi connectivity index (χ2v) is 5.12. The fraction of sp³-hybridized carbons (Fsp3) is 0.143. The summed E-state index contributed by atoms with van der Waals surface area (Å²) in [5, 5.41) is 0. The largest absolute Gasteiger partial charge is 0.294 e. The first-order valence-electron chi connectivity index (χ1n) is 5.36. The maximum atomic E-state index is 12.0. The normalized spacial score (nSPS) is 10.2. The molecule has 2 rings (SSSR count). The number of aromatic nitrogens is 1. The third-order valence-electron chi connectivity index (χ3n) is 2.61. The zero-order valence-electron chi connectivity index (χ0n) is 9.48. The summed E-state index contributed by atoms with van der Waals surface area (Å²) < 4.78 is 1.13. The summed E-state index contributed by atoms with van der Waals surface area (Å²) in [6.45, 7) is 1.98. The molecule has 0 N–H and O–H groups in total. The average Bonchev–Trinajstić information content (AvgIpc) is 2.33. The van der Waals surface area contributed by atoms with Gasteiger partial charge in [-0.1, -0.05) is 18.2 Å². The highest BCUT2D eigenvalue weighted by Crippen LogP contribution is 2.11. The first kappa shape index (κ1) is 12.2. The summed E-state index contributed by atoms with van der Waals surface area (Å²) in [4.78, 5) is 16.3. The zero-order valence-corrected chi connectivity index (χ0v) is 11.6. The van der Waals surface area contributed by atoms with Crippen LogP contribution in [0.3, 0.4) is 0 Å². The predicted molar refractivity (Wildman–Crippen MR) is 76.2 cm³/mol. The van der Waals surface area contributed by atoms with E-state index in [0.717, 1.165) is 20.4 Å². The summed E-state index contributed by atoms with van der Waals surface area (Å²) in [6, 6.07) is 11.5. The van der Waals surface area contributed by atoms with Crippen molar-refractivity contribution >= 4 is 28.4 Å². The number of Topliss-reactive ketones (excluding diaryl/α,β-unsaturated/α-hetero) is 1. The number of carbonyl (C=O) groups excluding carboxylic acids is 1. The van der Waals surface area contributed by atoms with Crippen LogP contribution in [-0.2, 0) is 6.42 Å². The van der Waals surface area contributed by atoms with E-state index in [1.807, 2.05) is 43.3 Å². The molecule has 1 aromatic carbocycles. The molecule has 1 aromatic heterocycles. The number of benzene rings is 1. The van der Waals surface area contributed by atoms with E-state index in [1.165, 1.54) is 0 Å². The van der Waals surface area contributed by atoms with Crippen molar-refractivity contribution in [3.05, 3.63) is 63.0 Å². The van der Waals surface area contributed by atoms with E-state index in [9.17, 15) is 4.79 Å². The van der Waals surface area contributed by atoms with E-state index < -0.39 is 0 Å². The van der Waals surface area contributed by atoms with Crippen molar-refractivity contribution in [1.82, 2.24) is 4.98 Å². The first-order valence-corrected chi connectivity index (χ1v) is 6.44. The van der Waals surface area contributed by atoms with Crippen LogP contribution in [0.4, 0.5) is 0 Å². The third-order valence-corrected chi connectivity index (χ3v) is 3.33. The standard InChI is InChI=1S/C14H12INO/c1-10-3-2-8-16-13(10)9-14(17)11-4-6-12(15)7-5-11/h2-8H,9H2,1H3. The number of nitrogens with zero attached hydrogens (tertiary/aromatic N) is 1. The molecule has 2 nitrogen and oxygen atoms in total. The van der Waals surface area contributed by atoms with Gasteiger partial charge in [-0.05, 0) is 53.3 Å². The van der Waals surface area contributed by atoms with Crippen molar-refractivity contribution in [3.8, 4) is 0 Å². The maximum absolute atomic E-state index is 12.0. The van der Waals surface area contributed by atoms with Crippen molar-refractivity contribution < 1.29 is 4.79 Å². The van der Waals surface area contributed by atoms with E-state index in [2.05, 4.69) is 27.6 Å². The van der Waals surface area contributed by atoms with Gasteiger partial charge in [0.15, 0.2) is 5.78 Å². The molecule has 17 heavy (non-hydrogen) atoms. The topological polar surface area (TPSA) is 30.0 Å². The number of rotatable bonds is 3. The molecule has 86 valence electrons. The molecular formula is C14H12INO. The first-order chi connectivity index (χ1) is 8.16. The fourth-order valence-corrected chi connectivity index (χ4v) is 1.95. The summed E-state index contributed by atoms with van der Waals surface area (Å²) in [5.74, 6) is 0.114. The lowest BCUT2D eigenvalue weighted by Gasteiger charge is -2.04. The van der Waals surface area contributed by atoms with Gasteiger partial charge in [0, 0.05) is 15.3 Å². The quantitative estimate of drug-likeness (QED) is 0.635. The van der Waals surface area contributed by atoms with Gasteiger partial charge in [0.25, 0.3) is 0 Å². The Morgan fingerprint density at radius 1 is 1.24 bits per heavy atom. The Morgan fingerprint density at radius 2 is 1.94 bits per heavy atom. The van der Waals surface area contributed by atoms with Crippen molar-refractivity contribution in [2.45, 2.75) is 13.3 Å². The number of halogens is 1. The van der Waals surface area contributed by atoms with Crippen molar-refractivity contribution in [1.29, 1.82) is 0 Å². The number of carbonyl (C=O) groups is 1. The van der Waals surface area contributed by atoms with Crippen molar-refractivity contribution in [2.75, 3.05) is 0 Å². The number of pyridine rings is 1. The van der Waals surface area contributed by atoms with Crippen LogP contribution in [0.5, 0.6) is 0 Å². The van der Waals surface area contributed by atoms with E-state index in [-0.39, 0.29) is 5.78 Å². The molecule has 0 aliphatic carbocycles. The number of hydrogen-bond donors (Lipinski definition) is 0. The minimum Gasteiger partial charge on any atom is -0.294 e. The van der Waals surface area contributed by atoms with Gasteiger partial charge in [-0.2, -0.15) is 0 Å². The lowest BCUT2D eigenvalue weighted by molar-refractivity contribution is 0.0991. The Bertz CT molecular complexity index is 534. The molecule has 0 aliphatic heterocycles. The van der Waals surface area contributed by atoms with Crippen molar-refractivity contribution in [2.24, 2.45) is 0 Å². The molecule has 0 aliphatic rings. The molecule has 0 saturated carbocycles. The summed E-state index contributed by atoms with van der Waals surface area (Å²) in [7, 11) is 0. The van der Waals surface area contributed by atoms with Crippen LogP contribution in [0.2, 0.25) is 0 Å². The smallest absolute Gasteiger partial charge is 0.168 e. The van der Waals surface area contributed by atoms with Crippen LogP contribution < -0.4 is 0 Å². The van der Waals surface area contributed by atoms with Gasteiger partial charge in [-0.3, -0.25) is 9.78 Å². The van der Waals surface area contributed by atoms with Gasteiger partial charge in [0.05, 0.1) is 12.1 Å². The molecule has 1 heterocycles. The van der Waals surface area contributed by atoms with E-state index in [1.54, 1.807) is 6.20 Å². The van der Waals surface area contributed by atoms with Gasteiger partial charge in [0.1, 0.15) is 0 Å². The Labute approximate surface area is 114 Å². The average molecular weight is 337 g/mol.